The molecule has 176 valence electrons. The van der Waals surface area contributed by atoms with Gasteiger partial charge in [-0.05, 0) is 23.5 Å². The van der Waals surface area contributed by atoms with Crippen molar-refractivity contribution in [2.45, 2.75) is 82.3 Å². The summed E-state index contributed by atoms with van der Waals surface area (Å²) in [5, 5.41) is -1.79. The summed E-state index contributed by atoms with van der Waals surface area (Å²) >= 11 is 0. The average Bonchev–Trinajstić information content (AvgIpc) is 3.02. The molecule has 0 aromatic heterocycles. The zero-order valence-corrected chi connectivity index (χ0v) is 19.0. The largest absolute Gasteiger partial charge is 0.337 e. The Morgan fingerprint density at radius 1 is 0.938 bits per heavy atom. The molecule has 32 heavy (non-hydrogen) atoms. The van der Waals surface area contributed by atoms with Gasteiger partial charge in [0.2, 0.25) is 0 Å². The van der Waals surface area contributed by atoms with Crippen molar-refractivity contribution < 1.29 is 32.2 Å². The highest BCUT2D eigenvalue weighted by Gasteiger charge is 2.48. The number of carbonyl (C=O) groups is 3. The van der Waals surface area contributed by atoms with E-state index in [1.165, 1.54) is 63.4 Å². The van der Waals surface area contributed by atoms with Crippen LogP contribution in [0.4, 0.5) is 0 Å². The van der Waals surface area contributed by atoms with E-state index in [1.54, 1.807) is 0 Å². The van der Waals surface area contributed by atoms with Crippen molar-refractivity contribution in [3.05, 3.63) is 35.4 Å². The first-order chi connectivity index (χ1) is 15.2. The molecule has 1 atom stereocenters. The number of hydrogen-bond acceptors (Lipinski definition) is 6. The molecule has 0 radical (unpaired) electrons. The molecule has 3 rings (SSSR count). The van der Waals surface area contributed by atoms with Crippen LogP contribution in [0.15, 0.2) is 24.3 Å². The van der Waals surface area contributed by atoms with Crippen molar-refractivity contribution in [1.29, 1.82) is 0 Å². The maximum absolute atomic E-state index is 12.2. The van der Waals surface area contributed by atoms with Crippen LogP contribution >= 0.6 is 0 Å². The summed E-state index contributed by atoms with van der Waals surface area (Å²) in [6.45, 7) is 0. The molecule has 0 bridgehead atoms. The van der Waals surface area contributed by atoms with E-state index in [9.17, 15) is 22.8 Å². The van der Waals surface area contributed by atoms with E-state index < -0.39 is 39.6 Å². The number of benzene rings is 1. The minimum Gasteiger partial charge on any atom is -0.330 e. The first-order valence-corrected chi connectivity index (χ1v) is 12.9. The topological polar surface area (TPSA) is 118 Å². The number of imide groups is 1. The fourth-order valence-electron chi connectivity index (χ4n) is 4.44. The van der Waals surface area contributed by atoms with Gasteiger partial charge in [-0.3, -0.25) is 14.1 Å². The number of rotatable bonds is 6. The fourth-order valence-corrected chi connectivity index (χ4v) is 5.14. The Balaban J connectivity index is 1.52. The van der Waals surface area contributed by atoms with E-state index in [0.29, 0.717) is 11.5 Å². The molecule has 2 fully saturated rings. The van der Waals surface area contributed by atoms with E-state index in [2.05, 4.69) is 0 Å². The molecule has 0 spiro atoms. The van der Waals surface area contributed by atoms with Gasteiger partial charge in [0.05, 0.1) is 12.8 Å². The molecule has 1 aliphatic carbocycles. The second kappa shape index (κ2) is 11.0. The van der Waals surface area contributed by atoms with Crippen LogP contribution in [-0.4, -0.2) is 41.1 Å². The lowest BCUT2D eigenvalue weighted by atomic mass is 9.87. The normalized spacial score (nSPS) is 21.5. The Hall–Kier alpha value is -2.26. The Kier molecular flexibility index (Phi) is 8.42. The van der Waals surface area contributed by atoms with E-state index in [4.69, 9.17) is 9.39 Å². The Bertz CT molecular complexity index is 916. The molecule has 1 heterocycles. The smallest absolute Gasteiger partial charge is 0.330 e. The summed E-state index contributed by atoms with van der Waals surface area (Å²) in [6.07, 6.45) is 11.8. The highest BCUT2D eigenvalue weighted by molar-refractivity contribution is 7.87. The monoisotopic (exact) mass is 465 g/mol. The summed E-state index contributed by atoms with van der Waals surface area (Å²) in [6, 6.07) is 7.63. The predicted molar refractivity (Wildman–Crippen MR) is 117 cm³/mol. The van der Waals surface area contributed by atoms with Gasteiger partial charge < -0.3 is 4.84 Å². The van der Waals surface area contributed by atoms with Gasteiger partial charge in [-0.25, -0.2) is 4.79 Å². The molecule has 2 amide bonds. The molecule has 1 aromatic rings. The maximum Gasteiger partial charge on any atom is 0.337 e. The number of hydrogen-bond donors (Lipinski definition) is 1. The molecule has 2 aliphatic rings. The number of hydroxylamine groups is 2. The summed E-state index contributed by atoms with van der Waals surface area (Å²) in [5.74, 6) is -2.42. The van der Waals surface area contributed by atoms with E-state index >= 15 is 0 Å². The Morgan fingerprint density at radius 2 is 1.47 bits per heavy atom. The standard InChI is InChI=1S/C23H31NO7S/c25-21-16-20(32(28,29)30)23(27)24(21)31-22(26)15-19-12-10-18(11-13-19)14-17-8-6-4-2-1-3-5-7-9-17/h10-13,17,20H,1-9,14-16H2,(H,28,29,30). The van der Waals surface area contributed by atoms with Crippen LogP contribution in [0, 0.1) is 5.92 Å². The van der Waals surface area contributed by atoms with Crippen LogP contribution in [0.2, 0.25) is 0 Å². The van der Waals surface area contributed by atoms with Crippen molar-refractivity contribution in [2.75, 3.05) is 0 Å². The second-order valence-corrected chi connectivity index (χ2v) is 10.4. The van der Waals surface area contributed by atoms with Crippen LogP contribution < -0.4 is 0 Å². The average molecular weight is 466 g/mol. The van der Waals surface area contributed by atoms with Gasteiger partial charge in [0.15, 0.2) is 5.25 Å². The third kappa shape index (κ3) is 6.87. The van der Waals surface area contributed by atoms with Gasteiger partial charge in [-0.15, -0.1) is 5.06 Å². The van der Waals surface area contributed by atoms with Crippen molar-refractivity contribution in [3.8, 4) is 0 Å². The first-order valence-electron chi connectivity index (χ1n) is 11.4. The maximum atomic E-state index is 12.2. The third-order valence-corrected chi connectivity index (χ3v) is 7.32. The molecule has 9 heteroatoms. The number of carbonyl (C=O) groups excluding carboxylic acids is 3. The number of nitrogens with zero attached hydrogens (tertiary/aromatic N) is 1. The minimum atomic E-state index is -4.74. The SMILES string of the molecule is O=C(Cc1ccc(CC2CCCCCCCCC2)cc1)ON1C(=O)CC(S(=O)(=O)O)C1=O. The summed E-state index contributed by atoms with van der Waals surface area (Å²) in [4.78, 5) is 40.7. The zero-order valence-electron chi connectivity index (χ0n) is 18.2. The molecule has 1 aliphatic heterocycles. The van der Waals surface area contributed by atoms with E-state index in [0.717, 1.165) is 6.42 Å². The van der Waals surface area contributed by atoms with Crippen LogP contribution in [0.5, 0.6) is 0 Å². The minimum absolute atomic E-state index is 0.134. The van der Waals surface area contributed by atoms with Gasteiger partial charge in [0.25, 0.3) is 21.9 Å². The highest BCUT2D eigenvalue weighted by Crippen LogP contribution is 2.25. The van der Waals surface area contributed by atoms with Gasteiger partial charge in [-0.2, -0.15) is 8.42 Å². The van der Waals surface area contributed by atoms with Crippen LogP contribution in [0.25, 0.3) is 0 Å². The molecule has 1 N–H and O–H groups in total. The summed E-state index contributed by atoms with van der Waals surface area (Å²) < 4.78 is 31.4. The van der Waals surface area contributed by atoms with Crippen LogP contribution in [-0.2, 0) is 42.2 Å². The van der Waals surface area contributed by atoms with Crippen molar-refractivity contribution >= 4 is 27.9 Å². The molecule has 1 aromatic carbocycles. The van der Waals surface area contributed by atoms with Crippen molar-refractivity contribution in [1.82, 2.24) is 5.06 Å². The van der Waals surface area contributed by atoms with Gasteiger partial charge >= 0.3 is 5.97 Å². The summed E-state index contributed by atoms with van der Waals surface area (Å²) in [5.41, 5.74) is 1.88. The fraction of sp³-hybridized carbons (Fsp3) is 0.609. The predicted octanol–water partition coefficient (Wildman–Crippen LogP) is 3.39. The molecule has 1 saturated carbocycles. The lowest BCUT2D eigenvalue weighted by Crippen LogP contribution is -2.37. The Labute approximate surface area is 189 Å². The van der Waals surface area contributed by atoms with Gasteiger partial charge in [-0.1, -0.05) is 82.1 Å². The van der Waals surface area contributed by atoms with Gasteiger partial charge in [0, 0.05) is 0 Å². The molecular weight excluding hydrogens is 434 g/mol. The molecular formula is C23H31NO7S. The quantitative estimate of drug-likeness (QED) is 0.505. The number of amides is 2. The molecule has 1 saturated heterocycles. The summed E-state index contributed by atoms with van der Waals surface area (Å²) in [7, 11) is -4.74. The van der Waals surface area contributed by atoms with Crippen molar-refractivity contribution in [3.63, 3.8) is 0 Å². The zero-order chi connectivity index (χ0) is 23.1. The van der Waals surface area contributed by atoms with Crippen LogP contribution in [0.3, 0.4) is 0 Å². The first kappa shape index (κ1) is 24.4. The lowest BCUT2D eigenvalue weighted by molar-refractivity contribution is -0.196. The molecule has 8 nitrogen and oxygen atoms in total. The molecule has 1 unspecified atom stereocenters. The van der Waals surface area contributed by atoms with Crippen LogP contribution in [0.1, 0.15) is 75.3 Å². The van der Waals surface area contributed by atoms with Gasteiger partial charge in [0.1, 0.15) is 0 Å². The second-order valence-electron chi connectivity index (χ2n) is 8.81. The Morgan fingerprint density at radius 3 is 2.00 bits per heavy atom. The third-order valence-electron chi connectivity index (χ3n) is 6.24. The lowest BCUT2D eigenvalue weighted by Gasteiger charge is -2.19. The van der Waals surface area contributed by atoms with E-state index in [-0.39, 0.29) is 11.5 Å². The van der Waals surface area contributed by atoms with Crippen molar-refractivity contribution in [2.24, 2.45) is 5.92 Å². The van der Waals surface area contributed by atoms with E-state index in [1.807, 2.05) is 24.3 Å². The highest BCUT2D eigenvalue weighted by atomic mass is 32.2.